The van der Waals surface area contributed by atoms with Crippen molar-refractivity contribution in [1.29, 1.82) is 0 Å². The van der Waals surface area contributed by atoms with Crippen LogP contribution in [0.25, 0.3) is 0 Å². The fourth-order valence-electron chi connectivity index (χ4n) is 9.32. The predicted octanol–water partition coefficient (Wildman–Crippen LogP) is 7.63. The van der Waals surface area contributed by atoms with E-state index in [2.05, 4.69) is 47.6 Å². The van der Waals surface area contributed by atoms with E-state index in [0.29, 0.717) is 10.8 Å². The highest BCUT2D eigenvalue weighted by Crippen LogP contribution is 2.67. The van der Waals surface area contributed by atoms with Gasteiger partial charge in [0, 0.05) is 0 Å². The summed E-state index contributed by atoms with van der Waals surface area (Å²) in [5.41, 5.74) is 2.58. The predicted molar refractivity (Wildman–Crippen MR) is 124 cm³/mol. The average molecular weight is 401 g/mol. The van der Waals surface area contributed by atoms with E-state index >= 15 is 0 Å². The highest BCUT2D eigenvalue weighted by atomic mass is 16.3. The van der Waals surface area contributed by atoms with Gasteiger partial charge in [0.1, 0.15) is 0 Å². The van der Waals surface area contributed by atoms with Crippen LogP contribution in [-0.4, -0.2) is 11.2 Å². The summed E-state index contributed by atoms with van der Waals surface area (Å²) in [6, 6.07) is 0. The van der Waals surface area contributed by atoms with E-state index in [0.717, 1.165) is 54.3 Å². The molecule has 3 saturated carbocycles. The molecule has 0 bridgehead atoms. The van der Waals surface area contributed by atoms with Crippen LogP contribution < -0.4 is 0 Å². The number of hydrogen-bond acceptors (Lipinski definition) is 1. The third-order valence-electron chi connectivity index (χ3n) is 10.5. The molecule has 0 aromatic rings. The van der Waals surface area contributed by atoms with Crippen LogP contribution in [0.3, 0.4) is 0 Å². The first-order chi connectivity index (χ1) is 13.6. The Labute approximate surface area is 181 Å². The lowest BCUT2D eigenvalue weighted by molar-refractivity contribution is -0.0580. The van der Waals surface area contributed by atoms with Crippen LogP contribution in [0.5, 0.6) is 0 Å². The van der Waals surface area contributed by atoms with Gasteiger partial charge in [-0.1, -0.05) is 53.2 Å². The van der Waals surface area contributed by atoms with Crippen molar-refractivity contribution in [2.24, 2.45) is 52.3 Å². The van der Waals surface area contributed by atoms with Gasteiger partial charge in [0.05, 0.1) is 6.10 Å². The van der Waals surface area contributed by atoms with Gasteiger partial charge in [0.25, 0.3) is 0 Å². The number of aliphatic hydroxyl groups is 1. The van der Waals surface area contributed by atoms with E-state index in [4.69, 9.17) is 0 Å². The van der Waals surface area contributed by atoms with Crippen molar-refractivity contribution < 1.29 is 5.11 Å². The van der Waals surface area contributed by atoms with Gasteiger partial charge in [0.2, 0.25) is 0 Å². The van der Waals surface area contributed by atoms with Gasteiger partial charge in [-0.05, 0) is 116 Å². The first-order valence-corrected chi connectivity index (χ1v) is 13.0. The number of fused-ring (bicyclic) bond motifs is 5. The van der Waals surface area contributed by atoms with Gasteiger partial charge in [0.15, 0.2) is 0 Å². The Kier molecular flexibility index (Phi) is 6.04. The number of hydrogen-bond donors (Lipinski definition) is 1. The van der Waals surface area contributed by atoms with Crippen molar-refractivity contribution in [2.45, 2.75) is 112 Å². The third kappa shape index (κ3) is 3.77. The second kappa shape index (κ2) is 7.99. The minimum atomic E-state index is -0.0794. The highest BCUT2D eigenvalue weighted by Gasteiger charge is 2.59. The summed E-state index contributed by atoms with van der Waals surface area (Å²) in [7, 11) is 0. The topological polar surface area (TPSA) is 20.2 Å². The van der Waals surface area contributed by atoms with Gasteiger partial charge < -0.3 is 5.11 Å². The Morgan fingerprint density at radius 1 is 0.966 bits per heavy atom. The molecule has 166 valence electrons. The number of allylic oxidation sites excluding steroid dienone is 1. The van der Waals surface area contributed by atoms with Gasteiger partial charge in [-0.2, -0.15) is 0 Å². The summed E-state index contributed by atoms with van der Waals surface area (Å²) in [6.45, 7) is 15.1. The Morgan fingerprint density at radius 3 is 2.45 bits per heavy atom. The number of aliphatic hydroxyl groups excluding tert-OH is 1. The second-order valence-corrected chi connectivity index (χ2v) is 12.8. The molecule has 0 heterocycles. The maximum absolute atomic E-state index is 10.2. The molecular weight excluding hydrogens is 352 g/mol. The van der Waals surface area contributed by atoms with Gasteiger partial charge in [-0.25, -0.2) is 0 Å². The van der Waals surface area contributed by atoms with Crippen LogP contribution in [0.2, 0.25) is 0 Å². The molecule has 4 aliphatic carbocycles. The van der Waals surface area contributed by atoms with E-state index in [1.807, 2.05) is 0 Å². The van der Waals surface area contributed by atoms with E-state index in [1.165, 1.54) is 51.4 Å². The third-order valence-corrected chi connectivity index (χ3v) is 10.5. The fourth-order valence-corrected chi connectivity index (χ4v) is 9.32. The summed E-state index contributed by atoms with van der Waals surface area (Å²) in [6.07, 6.45) is 15.7. The zero-order valence-electron chi connectivity index (χ0n) is 20.2. The summed E-state index contributed by atoms with van der Waals surface area (Å²) < 4.78 is 0. The zero-order chi connectivity index (χ0) is 21.0. The standard InChI is InChI=1S/C28H48O/c1-18(2)15-19(3)16-20(4)24-9-10-25-23-8-7-21-17-22(29)11-13-27(21,5)26(23)12-14-28(24,25)6/h7,18-20,22-26,29H,8-17H2,1-6H3/t19-,20+,22-,23-,24+,25-,26-,27-,28+/m0/s1. The minimum absolute atomic E-state index is 0.0794. The Bertz CT molecular complexity index is 620. The smallest absolute Gasteiger partial charge is 0.0577 e. The molecule has 1 heteroatoms. The summed E-state index contributed by atoms with van der Waals surface area (Å²) in [5, 5.41) is 10.2. The van der Waals surface area contributed by atoms with E-state index < -0.39 is 0 Å². The molecule has 0 aromatic heterocycles. The van der Waals surface area contributed by atoms with Gasteiger partial charge in [-0.3, -0.25) is 0 Å². The van der Waals surface area contributed by atoms with E-state index in [9.17, 15) is 5.11 Å². The monoisotopic (exact) mass is 400 g/mol. The molecule has 0 aliphatic heterocycles. The lowest BCUT2D eigenvalue weighted by Gasteiger charge is -2.58. The van der Waals surface area contributed by atoms with Crippen molar-refractivity contribution >= 4 is 0 Å². The van der Waals surface area contributed by atoms with Crippen LogP contribution in [0.1, 0.15) is 106 Å². The van der Waals surface area contributed by atoms with Crippen LogP contribution in [0.15, 0.2) is 11.6 Å². The van der Waals surface area contributed by atoms with E-state index in [-0.39, 0.29) is 6.10 Å². The molecule has 9 atom stereocenters. The molecule has 3 fully saturated rings. The second-order valence-electron chi connectivity index (χ2n) is 12.8. The molecule has 0 aromatic carbocycles. The van der Waals surface area contributed by atoms with E-state index in [1.54, 1.807) is 5.57 Å². The molecule has 0 saturated heterocycles. The SMILES string of the molecule is CC(C)C[C@H](C)C[C@@H](C)[C@H]1CC[C@H]2[C@@H]3CC=C4C[C@@H](O)CC[C@]4(C)[C@H]3CC[C@]12C. The maximum Gasteiger partial charge on any atom is 0.0577 e. The molecule has 4 aliphatic rings. The molecule has 29 heavy (non-hydrogen) atoms. The van der Waals surface area contributed by atoms with Gasteiger partial charge in [-0.15, -0.1) is 0 Å². The van der Waals surface area contributed by atoms with Crippen molar-refractivity contribution in [3.8, 4) is 0 Å². The zero-order valence-corrected chi connectivity index (χ0v) is 20.2. The molecule has 1 N–H and O–H groups in total. The quantitative estimate of drug-likeness (QED) is 0.470. The fraction of sp³-hybridized carbons (Fsp3) is 0.929. The van der Waals surface area contributed by atoms with Crippen molar-refractivity contribution in [3.63, 3.8) is 0 Å². The normalized spacial score (nSPS) is 46.5. The average Bonchev–Trinajstić information content (AvgIpc) is 2.99. The molecule has 0 spiro atoms. The molecular formula is C28H48O. The summed E-state index contributed by atoms with van der Waals surface area (Å²) in [5.74, 6) is 6.25. The number of rotatable bonds is 5. The largest absolute Gasteiger partial charge is 0.393 e. The molecule has 4 rings (SSSR count). The molecule has 0 amide bonds. The van der Waals surface area contributed by atoms with Crippen molar-refractivity contribution in [2.75, 3.05) is 0 Å². The van der Waals surface area contributed by atoms with Crippen LogP contribution in [0, 0.1) is 52.3 Å². The van der Waals surface area contributed by atoms with Crippen molar-refractivity contribution in [3.05, 3.63) is 11.6 Å². The molecule has 0 unspecified atom stereocenters. The lowest BCUT2D eigenvalue weighted by atomic mass is 9.47. The van der Waals surface area contributed by atoms with Crippen LogP contribution in [0.4, 0.5) is 0 Å². The Balaban J connectivity index is 1.50. The minimum Gasteiger partial charge on any atom is -0.393 e. The molecule has 1 nitrogen and oxygen atoms in total. The van der Waals surface area contributed by atoms with Gasteiger partial charge >= 0.3 is 0 Å². The summed E-state index contributed by atoms with van der Waals surface area (Å²) >= 11 is 0. The Morgan fingerprint density at radius 2 is 1.72 bits per heavy atom. The van der Waals surface area contributed by atoms with Crippen LogP contribution >= 0.6 is 0 Å². The highest BCUT2D eigenvalue weighted by molar-refractivity contribution is 5.25. The first-order valence-electron chi connectivity index (χ1n) is 13.0. The van der Waals surface area contributed by atoms with Crippen molar-refractivity contribution in [1.82, 2.24) is 0 Å². The Hall–Kier alpha value is -0.300. The van der Waals surface area contributed by atoms with Crippen LogP contribution in [-0.2, 0) is 0 Å². The lowest BCUT2D eigenvalue weighted by Crippen LogP contribution is -2.50. The molecule has 0 radical (unpaired) electrons. The summed E-state index contributed by atoms with van der Waals surface area (Å²) in [4.78, 5) is 0. The first kappa shape index (κ1) is 21.9. The maximum atomic E-state index is 10.2.